The van der Waals surface area contributed by atoms with Crippen LogP contribution in [-0.2, 0) is 29.2 Å². The molecule has 2 heterocycles. The summed E-state index contributed by atoms with van der Waals surface area (Å²) in [5.74, 6) is 0.0727. The summed E-state index contributed by atoms with van der Waals surface area (Å²) >= 11 is 0. The van der Waals surface area contributed by atoms with Gasteiger partial charge in [-0.1, -0.05) is 48.5 Å². The van der Waals surface area contributed by atoms with Gasteiger partial charge >= 0.3 is 6.18 Å². The minimum atomic E-state index is -5.07. The van der Waals surface area contributed by atoms with Crippen molar-refractivity contribution in [2.24, 2.45) is 0 Å². The number of aliphatic hydroxyl groups excluding tert-OH is 1. The number of hydrogen-bond donors (Lipinski definition) is 3. The van der Waals surface area contributed by atoms with Crippen LogP contribution in [0.1, 0.15) is 17.1 Å². The Labute approximate surface area is 210 Å². The van der Waals surface area contributed by atoms with Gasteiger partial charge in [0.25, 0.3) is 0 Å². The van der Waals surface area contributed by atoms with E-state index < -0.39 is 39.4 Å². The van der Waals surface area contributed by atoms with E-state index in [-0.39, 0.29) is 18.8 Å². The highest BCUT2D eigenvalue weighted by Crippen LogP contribution is 2.33. The predicted octanol–water partition coefficient (Wildman–Crippen LogP) is 2.57. The number of nitrogens with one attached hydrogen (secondary N) is 2. The Morgan fingerprint density at radius 2 is 1.65 bits per heavy atom. The Morgan fingerprint density at radius 3 is 2.30 bits per heavy atom. The third kappa shape index (κ3) is 6.47. The number of nitrogens with zero attached hydrogens (tertiary/aromatic N) is 5. The lowest BCUT2D eigenvalue weighted by atomic mass is 10.1. The summed E-state index contributed by atoms with van der Waals surface area (Å²) in [6.07, 6.45) is -4.98. The van der Waals surface area contributed by atoms with Crippen molar-refractivity contribution in [2.45, 2.75) is 30.1 Å². The van der Waals surface area contributed by atoms with Crippen molar-refractivity contribution in [3.8, 4) is 5.69 Å². The topological polar surface area (TPSA) is 135 Å². The summed E-state index contributed by atoms with van der Waals surface area (Å²) in [6.45, 7) is -0.696. The molecule has 1 atom stereocenters. The SMILES string of the molecule is O=S(=O)(N[C@H](CO)Cc1ccccc1)c1ccc(NCc2nnnn2-c2ccccc2)nc1C(F)(F)F. The third-order valence-corrected chi connectivity index (χ3v) is 6.80. The number of sulfonamides is 1. The molecule has 4 aromatic rings. The minimum Gasteiger partial charge on any atom is -0.395 e. The summed E-state index contributed by atoms with van der Waals surface area (Å²) in [5.41, 5.74) is -0.241. The van der Waals surface area contributed by atoms with Gasteiger partial charge in [0.1, 0.15) is 10.7 Å². The maximum absolute atomic E-state index is 13.9. The lowest BCUT2D eigenvalue weighted by Gasteiger charge is -2.19. The summed E-state index contributed by atoms with van der Waals surface area (Å²) in [5, 5.41) is 23.7. The molecule has 0 aliphatic heterocycles. The Balaban J connectivity index is 1.55. The van der Waals surface area contributed by atoms with Crippen LogP contribution in [0.5, 0.6) is 0 Å². The van der Waals surface area contributed by atoms with Crippen molar-refractivity contribution < 1.29 is 26.7 Å². The molecule has 194 valence electrons. The van der Waals surface area contributed by atoms with Gasteiger partial charge in [-0.2, -0.15) is 17.9 Å². The molecule has 0 saturated heterocycles. The Morgan fingerprint density at radius 1 is 0.973 bits per heavy atom. The van der Waals surface area contributed by atoms with Crippen LogP contribution >= 0.6 is 0 Å². The quantitative estimate of drug-likeness (QED) is 0.283. The van der Waals surface area contributed by atoms with Gasteiger partial charge in [0.15, 0.2) is 11.5 Å². The molecule has 0 saturated carbocycles. The van der Waals surface area contributed by atoms with Gasteiger partial charge in [0.05, 0.1) is 18.8 Å². The Hall–Kier alpha value is -3.88. The highest BCUT2D eigenvalue weighted by molar-refractivity contribution is 7.89. The van der Waals surface area contributed by atoms with Gasteiger partial charge < -0.3 is 10.4 Å². The van der Waals surface area contributed by atoms with E-state index in [4.69, 9.17) is 0 Å². The molecule has 0 radical (unpaired) electrons. The van der Waals surface area contributed by atoms with Crippen LogP contribution < -0.4 is 10.0 Å². The highest BCUT2D eigenvalue weighted by Gasteiger charge is 2.40. The van der Waals surface area contributed by atoms with Gasteiger partial charge in [-0.15, -0.1) is 5.10 Å². The number of rotatable bonds is 10. The number of anilines is 1. The average molecular weight is 534 g/mol. The molecule has 0 bridgehead atoms. The molecule has 3 N–H and O–H groups in total. The molecule has 2 aromatic heterocycles. The van der Waals surface area contributed by atoms with Gasteiger partial charge in [0, 0.05) is 6.04 Å². The zero-order valence-electron chi connectivity index (χ0n) is 19.2. The summed E-state index contributed by atoms with van der Waals surface area (Å²) in [4.78, 5) is 2.48. The molecule has 10 nitrogen and oxygen atoms in total. The second kappa shape index (κ2) is 11.0. The maximum atomic E-state index is 13.9. The number of hydrogen-bond acceptors (Lipinski definition) is 8. The largest absolute Gasteiger partial charge is 0.434 e. The molecule has 2 aromatic carbocycles. The molecule has 0 spiro atoms. The van der Waals surface area contributed by atoms with Crippen molar-refractivity contribution in [3.63, 3.8) is 0 Å². The number of pyridine rings is 1. The van der Waals surface area contributed by atoms with Crippen LogP contribution in [0.2, 0.25) is 0 Å². The summed E-state index contributed by atoms with van der Waals surface area (Å²) in [6, 6.07) is 18.4. The van der Waals surface area contributed by atoms with Crippen molar-refractivity contribution in [1.82, 2.24) is 29.9 Å². The molecule has 0 unspecified atom stereocenters. The Bertz CT molecular complexity index is 1430. The van der Waals surface area contributed by atoms with Crippen molar-refractivity contribution in [1.29, 1.82) is 0 Å². The van der Waals surface area contributed by atoms with Crippen molar-refractivity contribution in [2.75, 3.05) is 11.9 Å². The van der Waals surface area contributed by atoms with Gasteiger partial charge in [-0.05, 0) is 46.7 Å². The second-order valence-corrected chi connectivity index (χ2v) is 9.61. The summed E-state index contributed by atoms with van der Waals surface area (Å²) < 4.78 is 70.9. The van der Waals surface area contributed by atoms with Crippen LogP contribution in [0.4, 0.5) is 19.0 Å². The number of para-hydroxylation sites is 1. The molecular weight excluding hydrogens is 511 g/mol. The van der Waals surface area contributed by atoms with Crippen LogP contribution in [0.25, 0.3) is 5.69 Å². The first-order chi connectivity index (χ1) is 17.7. The van der Waals surface area contributed by atoms with E-state index in [1.807, 2.05) is 6.07 Å². The van der Waals surface area contributed by atoms with Crippen LogP contribution in [0.3, 0.4) is 0 Å². The first kappa shape index (κ1) is 26.2. The molecule has 0 fully saturated rings. The van der Waals surface area contributed by atoms with Crippen molar-refractivity contribution >= 4 is 15.8 Å². The zero-order chi connectivity index (χ0) is 26.5. The number of tetrazole rings is 1. The fourth-order valence-corrected chi connectivity index (χ4v) is 4.93. The minimum absolute atomic E-state index is 0.0831. The molecule has 37 heavy (non-hydrogen) atoms. The molecule has 14 heteroatoms. The van der Waals surface area contributed by atoms with Crippen molar-refractivity contribution in [3.05, 3.63) is 89.9 Å². The fraction of sp³-hybridized carbons (Fsp3) is 0.217. The molecule has 4 rings (SSSR count). The average Bonchev–Trinajstić information content (AvgIpc) is 3.36. The number of aromatic nitrogens is 5. The number of aliphatic hydroxyl groups is 1. The monoisotopic (exact) mass is 533 g/mol. The first-order valence-corrected chi connectivity index (χ1v) is 12.5. The highest BCUT2D eigenvalue weighted by atomic mass is 32.2. The molecular formula is C23H22F3N7O3S. The molecule has 0 amide bonds. The van der Waals surface area contributed by atoms with E-state index in [0.717, 1.165) is 12.1 Å². The van der Waals surface area contributed by atoms with Gasteiger partial charge in [-0.3, -0.25) is 0 Å². The maximum Gasteiger partial charge on any atom is 0.434 e. The molecule has 0 aliphatic rings. The van der Waals surface area contributed by atoms with E-state index in [2.05, 4.69) is 30.5 Å². The van der Waals surface area contributed by atoms with Crippen LogP contribution in [-0.4, -0.2) is 51.4 Å². The fourth-order valence-electron chi connectivity index (χ4n) is 3.55. The lowest BCUT2D eigenvalue weighted by molar-refractivity contribution is -0.143. The number of alkyl halides is 3. The van der Waals surface area contributed by atoms with E-state index in [9.17, 15) is 26.7 Å². The van der Waals surface area contributed by atoms with Gasteiger partial charge in [-0.25, -0.2) is 18.1 Å². The second-order valence-electron chi connectivity index (χ2n) is 7.93. The standard InChI is InChI=1S/C23H22F3N7O3S/c24-23(25,26)22-19(37(35,36)30-17(15-34)13-16-7-3-1-4-8-16)11-12-20(28-22)27-14-21-29-31-32-33(21)18-9-5-2-6-10-18/h1-12,17,30,34H,13-15H2,(H,27,28)/t17-/m0/s1. The van der Waals surface area contributed by atoms with E-state index in [1.165, 1.54) is 4.68 Å². The number of halogens is 3. The lowest BCUT2D eigenvalue weighted by Crippen LogP contribution is -2.40. The summed E-state index contributed by atoms with van der Waals surface area (Å²) in [7, 11) is -4.68. The normalized spacial score (nSPS) is 12.9. The molecule has 0 aliphatic carbocycles. The number of benzene rings is 2. The first-order valence-electron chi connectivity index (χ1n) is 11.0. The van der Waals surface area contributed by atoms with Crippen LogP contribution in [0, 0.1) is 0 Å². The third-order valence-electron chi connectivity index (χ3n) is 5.25. The smallest absolute Gasteiger partial charge is 0.395 e. The van der Waals surface area contributed by atoms with Crippen LogP contribution in [0.15, 0.2) is 77.7 Å². The Kier molecular flexibility index (Phi) is 7.80. The predicted molar refractivity (Wildman–Crippen MR) is 127 cm³/mol. The van der Waals surface area contributed by atoms with E-state index in [1.54, 1.807) is 54.6 Å². The van der Waals surface area contributed by atoms with Gasteiger partial charge in [0.2, 0.25) is 10.0 Å². The zero-order valence-corrected chi connectivity index (χ0v) is 20.0. The van der Waals surface area contributed by atoms with E-state index in [0.29, 0.717) is 17.1 Å². The van der Waals surface area contributed by atoms with E-state index >= 15 is 0 Å².